The van der Waals surface area contributed by atoms with Crippen LogP contribution in [0.4, 0.5) is 0 Å². The van der Waals surface area contributed by atoms with Gasteiger partial charge in [0.15, 0.2) is 0 Å². The van der Waals surface area contributed by atoms with E-state index in [1.807, 2.05) is 30.3 Å². The second kappa shape index (κ2) is 3.80. The van der Waals surface area contributed by atoms with E-state index in [4.69, 9.17) is 10.5 Å². The molecule has 17 heavy (non-hydrogen) atoms. The average Bonchev–Trinajstić information content (AvgIpc) is 2.40. The van der Waals surface area contributed by atoms with Crippen LogP contribution in [-0.2, 0) is 4.74 Å². The molecule has 0 aromatic heterocycles. The number of hydrogen-bond donors (Lipinski definition) is 2. The third-order valence-corrected chi connectivity index (χ3v) is 4.35. The number of benzene rings is 1. The van der Waals surface area contributed by atoms with Crippen LogP contribution in [-0.4, -0.2) is 22.9 Å². The van der Waals surface area contributed by atoms with Crippen molar-refractivity contribution in [2.45, 2.75) is 42.9 Å². The SMILES string of the molecule is NC12CCC(C(O)c3ccccc3)(CC1)OC2. The zero-order valence-corrected chi connectivity index (χ0v) is 9.93. The number of rotatable bonds is 2. The van der Waals surface area contributed by atoms with Crippen LogP contribution < -0.4 is 5.73 Å². The first-order valence-corrected chi connectivity index (χ1v) is 6.30. The van der Waals surface area contributed by atoms with E-state index in [1.165, 1.54) is 0 Å². The van der Waals surface area contributed by atoms with Gasteiger partial charge in [-0.15, -0.1) is 0 Å². The van der Waals surface area contributed by atoms with Crippen LogP contribution in [0.2, 0.25) is 0 Å². The lowest BCUT2D eigenvalue weighted by molar-refractivity contribution is -0.204. The lowest BCUT2D eigenvalue weighted by Gasteiger charge is -2.53. The minimum Gasteiger partial charge on any atom is -0.385 e. The zero-order chi connectivity index (χ0) is 11.9. The molecule has 1 saturated carbocycles. The molecule has 2 bridgehead atoms. The van der Waals surface area contributed by atoms with E-state index in [0.29, 0.717) is 6.61 Å². The fourth-order valence-corrected chi connectivity index (χ4v) is 3.04. The Morgan fingerprint density at radius 3 is 2.29 bits per heavy atom. The summed E-state index contributed by atoms with van der Waals surface area (Å²) in [5.41, 5.74) is 6.59. The molecule has 3 aliphatic rings. The standard InChI is InChI=1S/C14H19NO2/c15-13-6-8-14(9-7-13,17-10-13)12(16)11-4-2-1-3-5-11/h1-5,12,16H,6-10,15H2. The first-order chi connectivity index (χ1) is 8.14. The number of nitrogens with two attached hydrogens (primary N) is 1. The topological polar surface area (TPSA) is 55.5 Å². The van der Waals surface area contributed by atoms with Gasteiger partial charge in [0.25, 0.3) is 0 Å². The van der Waals surface area contributed by atoms with Gasteiger partial charge in [-0.05, 0) is 31.2 Å². The predicted molar refractivity (Wildman–Crippen MR) is 65.5 cm³/mol. The fourth-order valence-electron chi connectivity index (χ4n) is 3.04. The Morgan fingerprint density at radius 2 is 1.76 bits per heavy atom. The third-order valence-electron chi connectivity index (χ3n) is 4.35. The fraction of sp³-hybridized carbons (Fsp3) is 0.571. The molecule has 1 aromatic carbocycles. The number of aliphatic hydroxyl groups excluding tert-OH is 1. The minimum atomic E-state index is -0.534. The number of hydrogen-bond acceptors (Lipinski definition) is 3. The molecule has 0 radical (unpaired) electrons. The van der Waals surface area contributed by atoms with Crippen molar-refractivity contribution in [2.75, 3.05) is 6.61 Å². The van der Waals surface area contributed by atoms with Crippen molar-refractivity contribution < 1.29 is 9.84 Å². The van der Waals surface area contributed by atoms with Crippen LogP contribution in [0.3, 0.4) is 0 Å². The first-order valence-electron chi connectivity index (χ1n) is 6.30. The molecule has 1 unspecified atom stereocenters. The summed E-state index contributed by atoms with van der Waals surface area (Å²) in [6.07, 6.45) is 3.10. The molecule has 92 valence electrons. The summed E-state index contributed by atoms with van der Waals surface area (Å²) in [6.45, 7) is 0.580. The molecule has 1 aromatic rings. The van der Waals surface area contributed by atoms with E-state index in [9.17, 15) is 5.11 Å². The Morgan fingerprint density at radius 1 is 1.12 bits per heavy atom. The van der Waals surface area contributed by atoms with Crippen LogP contribution >= 0.6 is 0 Å². The summed E-state index contributed by atoms with van der Waals surface area (Å²) in [4.78, 5) is 0. The van der Waals surface area contributed by atoms with E-state index in [-0.39, 0.29) is 5.54 Å². The lowest BCUT2D eigenvalue weighted by Crippen LogP contribution is -2.61. The molecule has 2 saturated heterocycles. The van der Waals surface area contributed by atoms with Gasteiger partial charge in [-0.3, -0.25) is 0 Å². The Bertz CT molecular complexity index is 379. The van der Waals surface area contributed by atoms with Crippen molar-refractivity contribution in [1.29, 1.82) is 0 Å². The Balaban J connectivity index is 1.85. The molecule has 3 N–H and O–H groups in total. The van der Waals surface area contributed by atoms with Gasteiger partial charge < -0.3 is 15.6 Å². The van der Waals surface area contributed by atoms with Gasteiger partial charge in [-0.1, -0.05) is 30.3 Å². The van der Waals surface area contributed by atoms with Gasteiger partial charge in [0.2, 0.25) is 0 Å². The molecule has 0 amide bonds. The van der Waals surface area contributed by atoms with Gasteiger partial charge in [0, 0.05) is 5.54 Å². The van der Waals surface area contributed by atoms with Gasteiger partial charge in [0.1, 0.15) is 6.10 Å². The highest BCUT2D eigenvalue weighted by Crippen LogP contribution is 2.48. The number of ether oxygens (including phenoxy) is 1. The van der Waals surface area contributed by atoms with Crippen molar-refractivity contribution in [1.82, 2.24) is 0 Å². The highest BCUT2D eigenvalue weighted by Gasteiger charge is 2.51. The molecule has 3 heteroatoms. The van der Waals surface area contributed by atoms with Crippen LogP contribution in [0.15, 0.2) is 30.3 Å². The summed E-state index contributed by atoms with van der Waals surface area (Å²) in [6, 6.07) is 9.78. The highest BCUT2D eigenvalue weighted by atomic mass is 16.5. The van der Waals surface area contributed by atoms with E-state index in [2.05, 4.69) is 0 Å². The molecule has 4 rings (SSSR count). The highest BCUT2D eigenvalue weighted by molar-refractivity contribution is 5.22. The molecular formula is C14H19NO2. The number of aliphatic hydroxyl groups is 1. The van der Waals surface area contributed by atoms with Crippen molar-refractivity contribution in [3.63, 3.8) is 0 Å². The Labute approximate surface area is 102 Å². The molecule has 2 aliphatic heterocycles. The van der Waals surface area contributed by atoms with Crippen molar-refractivity contribution in [3.8, 4) is 0 Å². The third kappa shape index (κ3) is 1.79. The van der Waals surface area contributed by atoms with E-state index < -0.39 is 11.7 Å². The summed E-state index contributed by atoms with van der Waals surface area (Å²) in [5.74, 6) is 0. The summed E-state index contributed by atoms with van der Waals surface area (Å²) < 4.78 is 5.91. The molecule has 1 atom stereocenters. The second-order valence-electron chi connectivity index (χ2n) is 5.53. The molecule has 3 nitrogen and oxygen atoms in total. The van der Waals surface area contributed by atoms with Crippen LogP contribution in [0.25, 0.3) is 0 Å². The normalized spacial score (nSPS) is 38.0. The first kappa shape index (κ1) is 11.2. The lowest BCUT2D eigenvalue weighted by atomic mass is 9.68. The predicted octanol–water partition coefficient (Wildman–Crippen LogP) is 1.76. The number of fused-ring (bicyclic) bond motifs is 3. The quantitative estimate of drug-likeness (QED) is 0.818. The maximum atomic E-state index is 10.5. The Hall–Kier alpha value is -0.900. The second-order valence-corrected chi connectivity index (χ2v) is 5.53. The van der Waals surface area contributed by atoms with Crippen LogP contribution in [0.5, 0.6) is 0 Å². The van der Waals surface area contributed by atoms with E-state index >= 15 is 0 Å². The van der Waals surface area contributed by atoms with Crippen molar-refractivity contribution in [2.24, 2.45) is 5.73 Å². The van der Waals surface area contributed by atoms with Crippen molar-refractivity contribution in [3.05, 3.63) is 35.9 Å². The van der Waals surface area contributed by atoms with Crippen molar-refractivity contribution >= 4 is 0 Å². The van der Waals surface area contributed by atoms with Crippen LogP contribution in [0, 0.1) is 0 Å². The molecular weight excluding hydrogens is 214 g/mol. The molecule has 0 spiro atoms. The summed E-state index contributed by atoms with van der Waals surface area (Å²) in [5, 5.41) is 10.5. The largest absolute Gasteiger partial charge is 0.385 e. The average molecular weight is 233 g/mol. The van der Waals surface area contributed by atoms with E-state index in [1.54, 1.807) is 0 Å². The smallest absolute Gasteiger partial charge is 0.108 e. The zero-order valence-electron chi connectivity index (χ0n) is 9.93. The Kier molecular flexibility index (Phi) is 2.51. The van der Waals surface area contributed by atoms with Gasteiger partial charge in [0.05, 0.1) is 12.2 Å². The monoisotopic (exact) mass is 233 g/mol. The van der Waals surface area contributed by atoms with Gasteiger partial charge in [-0.25, -0.2) is 0 Å². The van der Waals surface area contributed by atoms with Crippen LogP contribution in [0.1, 0.15) is 37.4 Å². The van der Waals surface area contributed by atoms with Gasteiger partial charge >= 0.3 is 0 Å². The molecule has 2 heterocycles. The van der Waals surface area contributed by atoms with Gasteiger partial charge in [-0.2, -0.15) is 0 Å². The van der Waals surface area contributed by atoms with E-state index in [0.717, 1.165) is 31.2 Å². The summed E-state index contributed by atoms with van der Waals surface area (Å²) in [7, 11) is 0. The molecule has 3 fully saturated rings. The minimum absolute atomic E-state index is 0.141. The molecule has 1 aliphatic carbocycles. The maximum absolute atomic E-state index is 10.5. The maximum Gasteiger partial charge on any atom is 0.108 e. The summed E-state index contributed by atoms with van der Waals surface area (Å²) >= 11 is 0.